The molecule has 0 aliphatic carbocycles. The Kier molecular flexibility index (Phi) is 3.98. The average Bonchev–Trinajstić information content (AvgIpc) is 3.04. The van der Waals surface area contributed by atoms with Crippen LogP contribution < -0.4 is 0 Å². The Morgan fingerprint density at radius 1 is 1.29 bits per heavy atom. The fourth-order valence-corrected chi connectivity index (χ4v) is 3.76. The second-order valence-corrected chi connectivity index (χ2v) is 7.08. The lowest BCUT2D eigenvalue weighted by Crippen LogP contribution is -2.47. The van der Waals surface area contributed by atoms with Crippen molar-refractivity contribution in [1.82, 2.24) is 4.90 Å². The van der Waals surface area contributed by atoms with E-state index in [2.05, 4.69) is 0 Å². The highest BCUT2D eigenvalue weighted by atomic mass is 16.8. The summed E-state index contributed by atoms with van der Waals surface area (Å²) in [4.78, 5) is 14.0. The lowest BCUT2D eigenvalue weighted by atomic mass is 9.91. The number of carbonyl (C=O) groups excluding carboxylic acids is 1. The molecule has 0 unspecified atom stereocenters. The normalized spacial score (nSPS) is 33.8. The van der Waals surface area contributed by atoms with E-state index in [9.17, 15) is 4.79 Å². The Hall–Kier alpha value is -1.63. The number of piperidine rings is 1. The quantitative estimate of drug-likeness (QED) is 0.832. The van der Waals surface area contributed by atoms with Gasteiger partial charge in [-0.15, -0.1) is 0 Å². The van der Waals surface area contributed by atoms with Crippen LogP contribution >= 0.6 is 0 Å². The van der Waals surface area contributed by atoms with Crippen molar-refractivity contribution in [3.8, 4) is 0 Å². The van der Waals surface area contributed by atoms with Gasteiger partial charge in [0.1, 0.15) is 12.7 Å². The van der Waals surface area contributed by atoms with E-state index in [1.807, 2.05) is 44.2 Å². The van der Waals surface area contributed by atoms with E-state index in [1.54, 1.807) is 4.90 Å². The minimum atomic E-state index is -0.591. The predicted octanol–water partition coefficient (Wildman–Crippen LogP) is 2.52. The van der Waals surface area contributed by atoms with Gasteiger partial charge in [0.25, 0.3) is 0 Å². The van der Waals surface area contributed by atoms with Crippen LogP contribution in [0.25, 0.3) is 0 Å². The number of ether oxygens (including phenoxy) is 4. The SMILES string of the molecule is CC1(C)O[C@@H]2O[C@@H]3CN(C(=O)OCc4ccccc4)CC[C@@H]3[C@@H]2O1. The molecule has 6 nitrogen and oxygen atoms in total. The van der Waals surface area contributed by atoms with Gasteiger partial charge in [0.15, 0.2) is 12.1 Å². The molecule has 130 valence electrons. The summed E-state index contributed by atoms with van der Waals surface area (Å²) in [5, 5.41) is 0. The van der Waals surface area contributed by atoms with Crippen molar-refractivity contribution >= 4 is 6.09 Å². The number of benzene rings is 1. The van der Waals surface area contributed by atoms with Crippen LogP contribution in [0, 0.1) is 5.92 Å². The molecule has 1 aromatic carbocycles. The van der Waals surface area contributed by atoms with Crippen molar-refractivity contribution in [2.45, 2.75) is 51.2 Å². The van der Waals surface area contributed by atoms with Crippen LogP contribution in [0.1, 0.15) is 25.8 Å². The first kappa shape index (κ1) is 15.9. The summed E-state index contributed by atoms with van der Waals surface area (Å²) in [6.07, 6.45) is 0.142. The standard InChI is InChI=1S/C18H23NO5/c1-18(2)23-15-13-8-9-19(10-14(13)22-16(15)24-18)17(20)21-11-12-6-4-3-5-7-12/h3-7,13-16H,8-11H2,1-2H3/t13-,14+,15-,16-/m0/s1. The highest BCUT2D eigenvalue weighted by molar-refractivity contribution is 5.67. The van der Waals surface area contributed by atoms with Gasteiger partial charge in [0.05, 0.1) is 12.6 Å². The Morgan fingerprint density at radius 2 is 2.08 bits per heavy atom. The molecule has 3 aliphatic heterocycles. The molecule has 24 heavy (non-hydrogen) atoms. The molecule has 0 spiro atoms. The average molecular weight is 333 g/mol. The fraction of sp³-hybridized carbons (Fsp3) is 0.611. The fourth-order valence-electron chi connectivity index (χ4n) is 3.76. The summed E-state index contributed by atoms with van der Waals surface area (Å²) in [5.74, 6) is -0.318. The van der Waals surface area contributed by atoms with Crippen molar-refractivity contribution in [1.29, 1.82) is 0 Å². The van der Waals surface area contributed by atoms with Crippen molar-refractivity contribution in [3.63, 3.8) is 0 Å². The molecule has 1 amide bonds. The first-order valence-electron chi connectivity index (χ1n) is 8.48. The third-order valence-corrected chi connectivity index (χ3v) is 4.89. The van der Waals surface area contributed by atoms with Gasteiger partial charge < -0.3 is 23.8 Å². The highest BCUT2D eigenvalue weighted by Crippen LogP contribution is 2.43. The predicted molar refractivity (Wildman–Crippen MR) is 85.0 cm³/mol. The largest absolute Gasteiger partial charge is 0.445 e. The van der Waals surface area contributed by atoms with Crippen LogP contribution in [0.3, 0.4) is 0 Å². The number of likely N-dealkylation sites (tertiary alicyclic amines) is 1. The maximum atomic E-state index is 12.3. The Labute approximate surface area is 141 Å². The maximum Gasteiger partial charge on any atom is 0.410 e. The van der Waals surface area contributed by atoms with Crippen molar-refractivity contribution in [2.75, 3.05) is 13.1 Å². The molecule has 3 saturated heterocycles. The van der Waals surface area contributed by atoms with Gasteiger partial charge in [-0.25, -0.2) is 4.79 Å². The molecule has 4 rings (SSSR count). The van der Waals surface area contributed by atoms with E-state index in [4.69, 9.17) is 18.9 Å². The van der Waals surface area contributed by atoms with E-state index in [1.165, 1.54) is 0 Å². The molecule has 6 heteroatoms. The van der Waals surface area contributed by atoms with Crippen LogP contribution in [-0.2, 0) is 25.6 Å². The van der Waals surface area contributed by atoms with Gasteiger partial charge in [0, 0.05) is 12.5 Å². The Bertz CT molecular complexity index is 605. The summed E-state index contributed by atoms with van der Waals surface area (Å²) in [6.45, 7) is 5.28. The third kappa shape index (κ3) is 3.01. The van der Waals surface area contributed by atoms with Crippen molar-refractivity contribution < 1.29 is 23.7 Å². The number of hydrogen-bond acceptors (Lipinski definition) is 5. The monoisotopic (exact) mass is 333 g/mol. The topological polar surface area (TPSA) is 57.2 Å². The second-order valence-electron chi connectivity index (χ2n) is 7.08. The summed E-state index contributed by atoms with van der Waals surface area (Å²) < 4.78 is 23.1. The number of nitrogens with zero attached hydrogens (tertiary/aromatic N) is 1. The van der Waals surface area contributed by atoms with Gasteiger partial charge >= 0.3 is 6.09 Å². The zero-order valence-corrected chi connectivity index (χ0v) is 14.0. The minimum Gasteiger partial charge on any atom is -0.445 e. The lowest BCUT2D eigenvalue weighted by molar-refractivity contribution is -0.214. The number of amides is 1. The van der Waals surface area contributed by atoms with Crippen molar-refractivity contribution in [2.24, 2.45) is 5.92 Å². The van der Waals surface area contributed by atoms with Gasteiger partial charge in [-0.2, -0.15) is 0 Å². The smallest absolute Gasteiger partial charge is 0.410 e. The molecule has 4 atom stereocenters. The molecule has 1 aromatic rings. The van der Waals surface area contributed by atoms with Gasteiger partial charge in [-0.1, -0.05) is 30.3 Å². The van der Waals surface area contributed by atoms with Crippen LogP contribution in [-0.4, -0.2) is 48.4 Å². The van der Waals surface area contributed by atoms with Crippen LogP contribution in [0.2, 0.25) is 0 Å². The number of fused-ring (bicyclic) bond motifs is 3. The van der Waals surface area contributed by atoms with Crippen LogP contribution in [0.5, 0.6) is 0 Å². The Balaban J connectivity index is 1.32. The lowest BCUT2D eigenvalue weighted by Gasteiger charge is -2.35. The minimum absolute atomic E-state index is 0.0347. The molecule has 0 bridgehead atoms. The number of rotatable bonds is 2. The van der Waals surface area contributed by atoms with Crippen LogP contribution in [0.15, 0.2) is 30.3 Å². The highest BCUT2D eigenvalue weighted by Gasteiger charge is 2.56. The third-order valence-electron chi connectivity index (χ3n) is 4.89. The van der Waals surface area contributed by atoms with E-state index in [0.717, 1.165) is 12.0 Å². The zero-order valence-electron chi connectivity index (χ0n) is 14.0. The van der Waals surface area contributed by atoms with Gasteiger partial charge in [0.2, 0.25) is 0 Å². The molecule has 0 aromatic heterocycles. The molecule has 0 saturated carbocycles. The molecule has 3 fully saturated rings. The van der Waals surface area contributed by atoms with E-state index in [-0.39, 0.29) is 37.1 Å². The molecular formula is C18H23NO5. The van der Waals surface area contributed by atoms with Gasteiger partial charge in [-0.3, -0.25) is 0 Å². The van der Waals surface area contributed by atoms with Crippen molar-refractivity contribution in [3.05, 3.63) is 35.9 Å². The molecule has 0 N–H and O–H groups in total. The first-order valence-corrected chi connectivity index (χ1v) is 8.48. The molecule has 3 aliphatic rings. The second kappa shape index (κ2) is 6.02. The summed E-state index contributed by atoms with van der Waals surface area (Å²) in [6, 6.07) is 9.69. The molecule has 3 heterocycles. The molecule has 0 radical (unpaired) electrons. The van der Waals surface area contributed by atoms with E-state index < -0.39 is 5.79 Å². The first-order chi connectivity index (χ1) is 11.5. The van der Waals surface area contributed by atoms with Crippen LogP contribution in [0.4, 0.5) is 4.79 Å². The molecular weight excluding hydrogens is 310 g/mol. The van der Waals surface area contributed by atoms with E-state index in [0.29, 0.717) is 13.1 Å². The summed E-state index contributed by atoms with van der Waals surface area (Å²) >= 11 is 0. The number of carbonyl (C=O) groups is 1. The number of hydrogen-bond donors (Lipinski definition) is 0. The summed E-state index contributed by atoms with van der Waals surface area (Å²) in [5.41, 5.74) is 0.983. The zero-order chi connectivity index (χ0) is 16.7. The van der Waals surface area contributed by atoms with Gasteiger partial charge in [-0.05, 0) is 25.8 Å². The Morgan fingerprint density at radius 3 is 2.88 bits per heavy atom. The van der Waals surface area contributed by atoms with E-state index >= 15 is 0 Å². The summed E-state index contributed by atoms with van der Waals surface area (Å²) in [7, 11) is 0. The maximum absolute atomic E-state index is 12.3.